The molecule has 1 fully saturated rings. The van der Waals surface area contributed by atoms with Crippen LogP contribution in [-0.2, 0) is 32.7 Å². The number of oxazole rings is 1. The maximum atomic E-state index is 11.6. The fourth-order valence-corrected chi connectivity index (χ4v) is 5.65. The van der Waals surface area contributed by atoms with Gasteiger partial charge in [-0.2, -0.15) is 0 Å². The van der Waals surface area contributed by atoms with Crippen molar-refractivity contribution in [3.8, 4) is 5.75 Å². The van der Waals surface area contributed by atoms with Crippen LogP contribution in [0.4, 0.5) is 0 Å². The van der Waals surface area contributed by atoms with Crippen molar-refractivity contribution >= 4 is 40.2 Å². The van der Waals surface area contributed by atoms with E-state index >= 15 is 0 Å². The molecule has 0 radical (unpaired) electrons. The molecule has 1 aliphatic heterocycles. The average Bonchev–Trinajstić information content (AvgIpc) is 3.66. The standard InChI is InChI=1S/C29H28Cl2N6O4/c1-2-36-17-32-10-21(36)14-37-25-8-19(29(38)39)3-5-24(25)34-27(37)15-35-12-18(13-35)7-22-11-33-28(41-22)16-40-26-6-4-20(30)9-23(26)31/h3-6,8-11,17-18H,2,7,12-16H2,1H3,(H,38,39). The SMILES string of the molecule is CCn1cncc1Cn1c(CN2CC(Cc3cnc(COc4ccc(Cl)cc4Cl)o3)C2)nc2ccc(C(=O)O)cc21. The fraction of sp³-hybridized carbons (Fsp3) is 0.310. The number of carbonyl (C=O) groups is 1. The maximum absolute atomic E-state index is 11.6. The van der Waals surface area contributed by atoms with Crippen LogP contribution in [0.15, 0.2) is 59.5 Å². The number of carboxylic acid groups (broad SMARTS) is 1. The lowest BCUT2D eigenvalue weighted by Crippen LogP contribution is -2.47. The third-order valence-corrected chi connectivity index (χ3v) is 7.80. The quantitative estimate of drug-likeness (QED) is 0.212. The molecule has 41 heavy (non-hydrogen) atoms. The van der Waals surface area contributed by atoms with E-state index in [1.54, 1.807) is 42.6 Å². The monoisotopic (exact) mass is 594 g/mol. The Morgan fingerprint density at radius 1 is 1.15 bits per heavy atom. The van der Waals surface area contributed by atoms with Gasteiger partial charge in [0, 0.05) is 37.3 Å². The van der Waals surface area contributed by atoms with Crippen LogP contribution in [0, 0.1) is 5.92 Å². The third-order valence-electron chi connectivity index (χ3n) is 7.27. The Morgan fingerprint density at radius 2 is 2.00 bits per heavy atom. The van der Waals surface area contributed by atoms with E-state index in [1.807, 2.05) is 12.5 Å². The molecule has 10 nitrogen and oxygen atoms in total. The Hall–Kier alpha value is -3.86. The van der Waals surface area contributed by atoms with Crippen LogP contribution in [0.2, 0.25) is 10.0 Å². The Labute approximate surface area is 246 Å². The van der Waals surface area contributed by atoms with E-state index in [9.17, 15) is 9.90 Å². The van der Waals surface area contributed by atoms with Gasteiger partial charge in [0.25, 0.3) is 0 Å². The summed E-state index contributed by atoms with van der Waals surface area (Å²) in [5.41, 5.74) is 2.86. The number of rotatable bonds is 11. The van der Waals surface area contributed by atoms with Gasteiger partial charge in [0.05, 0.1) is 52.9 Å². The van der Waals surface area contributed by atoms with E-state index < -0.39 is 5.97 Å². The highest BCUT2D eigenvalue weighted by Crippen LogP contribution is 2.29. The molecule has 6 rings (SSSR count). The van der Waals surface area contributed by atoms with Crippen LogP contribution in [0.5, 0.6) is 5.75 Å². The average molecular weight is 595 g/mol. The predicted molar refractivity (Wildman–Crippen MR) is 153 cm³/mol. The molecule has 0 amide bonds. The van der Waals surface area contributed by atoms with Gasteiger partial charge in [-0.1, -0.05) is 23.2 Å². The molecule has 2 aromatic carbocycles. The Balaban J connectivity index is 1.10. The molecule has 212 valence electrons. The molecule has 0 bridgehead atoms. The summed E-state index contributed by atoms with van der Waals surface area (Å²) in [4.78, 5) is 27.5. The van der Waals surface area contributed by atoms with E-state index in [2.05, 4.69) is 30.9 Å². The molecule has 12 heteroatoms. The lowest BCUT2D eigenvalue weighted by Gasteiger charge is -2.38. The van der Waals surface area contributed by atoms with Gasteiger partial charge in [0.15, 0.2) is 6.61 Å². The van der Waals surface area contributed by atoms with Crippen molar-refractivity contribution in [3.63, 3.8) is 0 Å². The summed E-state index contributed by atoms with van der Waals surface area (Å²) in [5.74, 6) is 2.20. The zero-order valence-electron chi connectivity index (χ0n) is 22.3. The Morgan fingerprint density at radius 3 is 2.78 bits per heavy atom. The molecule has 0 spiro atoms. The minimum atomic E-state index is -0.957. The van der Waals surface area contributed by atoms with Gasteiger partial charge in [-0.3, -0.25) is 4.90 Å². The molecular weight excluding hydrogens is 567 g/mol. The van der Waals surface area contributed by atoms with Crippen LogP contribution < -0.4 is 4.74 Å². The Kier molecular flexibility index (Phi) is 7.70. The molecule has 1 N–H and O–H groups in total. The van der Waals surface area contributed by atoms with Crippen molar-refractivity contribution < 1.29 is 19.1 Å². The topological polar surface area (TPSA) is 111 Å². The number of hydrogen-bond donors (Lipinski definition) is 1. The molecule has 1 aliphatic rings. The van der Waals surface area contributed by atoms with Crippen molar-refractivity contribution in [1.29, 1.82) is 0 Å². The maximum Gasteiger partial charge on any atom is 0.335 e. The molecular formula is C29H28Cl2N6O4. The van der Waals surface area contributed by atoms with E-state index in [0.29, 0.717) is 40.7 Å². The number of aryl methyl sites for hydroxylation is 1. The highest BCUT2D eigenvalue weighted by molar-refractivity contribution is 6.35. The highest BCUT2D eigenvalue weighted by atomic mass is 35.5. The van der Waals surface area contributed by atoms with E-state index in [1.165, 1.54) is 0 Å². The summed E-state index contributed by atoms with van der Waals surface area (Å²) in [5, 5.41) is 10.5. The second-order valence-electron chi connectivity index (χ2n) is 10.1. The number of benzene rings is 2. The smallest absolute Gasteiger partial charge is 0.335 e. The van der Waals surface area contributed by atoms with Gasteiger partial charge in [-0.05, 0) is 49.2 Å². The van der Waals surface area contributed by atoms with Crippen LogP contribution in [-0.4, -0.2) is 53.2 Å². The first-order valence-corrected chi connectivity index (χ1v) is 14.1. The molecule has 0 saturated carbocycles. The number of ether oxygens (including phenoxy) is 1. The van der Waals surface area contributed by atoms with E-state index in [4.69, 9.17) is 37.3 Å². The fourth-order valence-electron chi connectivity index (χ4n) is 5.19. The minimum absolute atomic E-state index is 0.175. The van der Waals surface area contributed by atoms with Gasteiger partial charge >= 0.3 is 5.97 Å². The summed E-state index contributed by atoms with van der Waals surface area (Å²) in [7, 11) is 0. The zero-order chi connectivity index (χ0) is 28.5. The molecule has 0 atom stereocenters. The number of imidazole rings is 2. The summed E-state index contributed by atoms with van der Waals surface area (Å²) >= 11 is 12.1. The lowest BCUT2D eigenvalue weighted by molar-refractivity contribution is 0.0697. The number of fused-ring (bicyclic) bond motifs is 1. The molecule has 0 unspecified atom stereocenters. The molecule has 3 aromatic heterocycles. The first kappa shape index (κ1) is 27.3. The lowest BCUT2D eigenvalue weighted by atomic mass is 9.95. The number of carboxylic acids is 1. The van der Waals surface area contributed by atoms with E-state index in [0.717, 1.165) is 54.4 Å². The highest BCUT2D eigenvalue weighted by Gasteiger charge is 2.29. The van der Waals surface area contributed by atoms with E-state index in [-0.39, 0.29) is 12.2 Å². The summed E-state index contributed by atoms with van der Waals surface area (Å²) in [6.07, 6.45) is 6.19. The van der Waals surface area contributed by atoms with Gasteiger partial charge in [0.2, 0.25) is 5.89 Å². The second-order valence-corrected chi connectivity index (χ2v) is 11.0. The van der Waals surface area contributed by atoms with Crippen LogP contribution in [0.25, 0.3) is 11.0 Å². The first-order valence-electron chi connectivity index (χ1n) is 13.3. The Bertz CT molecular complexity index is 1700. The summed E-state index contributed by atoms with van der Waals surface area (Å²) in [6.45, 7) is 6.05. The third kappa shape index (κ3) is 5.95. The largest absolute Gasteiger partial charge is 0.482 e. The first-order chi connectivity index (χ1) is 19.9. The van der Waals surface area contributed by atoms with Crippen molar-refractivity contribution in [1.82, 2.24) is 29.0 Å². The van der Waals surface area contributed by atoms with Gasteiger partial charge in [-0.15, -0.1) is 0 Å². The molecule has 0 aliphatic carbocycles. The van der Waals surface area contributed by atoms with Gasteiger partial charge < -0.3 is 23.4 Å². The molecule has 4 heterocycles. The van der Waals surface area contributed by atoms with Gasteiger partial charge in [-0.25, -0.2) is 19.7 Å². The number of likely N-dealkylation sites (tertiary alicyclic amines) is 1. The number of halogens is 2. The van der Waals surface area contributed by atoms with Crippen LogP contribution in [0.3, 0.4) is 0 Å². The minimum Gasteiger partial charge on any atom is -0.482 e. The van der Waals surface area contributed by atoms with Gasteiger partial charge in [0.1, 0.15) is 17.3 Å². The number of nitrogens with zero attached hydrogens (tertiary/aromatic N) is 6. The second kappa shape index (κ2) is 11.6. The van der Waals surface area contributed by atoms with Crippen molar-refractivity contribution in [2.75, 3.05) is 13.1 Å². The number of aromatic nitrogens is 5. The van der Waals surface area contributed by atoms with Crippen molar-refractivity contribution in [3.05, 3.63) is 93.9 Å². The number of hydrogen-bond acceptors (Lipinski definition) is 7. The van der Waals surface area contributed by atoms with Crippen LogP contribution in [0.1, 0.15) is 40.5 Å². The molecule has 1 saturated heterocycles. The summed E-state index contributed by atoms with van der Waals surface area (Å²) < 4.78 is 15.8. The molecule has 5 aromatic rings. The summed E-state index contributed by atoms with van der Waals surface area (Å²) in [6, 6.07) is 10.1. The van der Waals surface area contributed by atoms with Crippen molar-refractivity contribution in [2.24, 2.45) is 5.92 Å². The van der Waals surface area contributed by atoms with Crippen molar-refractivity contribution in [2.45, 2.75) is 39.6 Å². The predicted octanol–water partition coefficient (Wildman–Crippen LogP) is 5.55. The number of aromatic carboxylic acids is 1. The normalized spacial score (nSPS) is 14.0. The zero-order valence-corrected chi connectivity index (χ0v) is 23.8. The van der Waals surface area contributed by atoms with Crippen LogP contribution >= 0.6 is 23.2 Å².